The number of rotatable bonds is 4. The third-order valence-electron chi connectivity index (χ3n) is 1.33. The van der Waals surface area contributed by atoms with Gasteiger partial charge in [-0.05, 0) is 19.8 Å². The van der Waals surface area contributed by atoms with E-state index in [0.717, 1.165) is 12.8 Å². The SMILES string of the molecule is Br.CC(N)(CCCl)CCCl. The van der Waals surface area contributed by atoms with E-state index < -0.39 is 0 Å². The van der Waals surface area contributed by atoms with Crippen LogP contribution < -0.4 is 5.73 Å². The summed E-state index contributed by atoms with van der Waals surface area (Å²) in [5, 5.41) is 0. The minimum atomic E-state index is -0.163. The fourth-order valence-electron chi connectivity index (χ4n) is 0.557. The summed E-state index contributed by atoms with van der Waals surface area (Å²) in [6.07, 6.45) is 1.67. The van der Waals surface area contributed by atoms with Crippen LogP contribution in [0.3, 0.4) is 0 Å². The Morgan fingerprint density at radius 3 is 1.70 bits per heavy atom. The van der Waals surface area contributed by atoms with Crippen LogP contribution in [0.25, 0.3) is 0 Å². The van der Waals surface area contributed by atoms with E-state index in [9.17, 15) is 0 Å². The van der Waals surface area contributed by atoms with Crippen molar-refractivity contribution < 1.29 is 0 Å². The fourth-order valence-corrected chi connectivity index (χ4v) is 1.42. The highest BCUT2D eigenvalue weighted by Gasteiger charge is 2.15. The molecule has 0 aliphatic carbocycles. The van der Waals surface area contributed by atoms with Crippen molar-refractivity contribution in [2.45, 2.75) is 25.3 Å². The molecular formula is C6H14BrCl2N. The van der Waals surface area contributed by atoms with E-state index in [-0.39, 0.29) is 22.5 Å². The van der Waals surface area contributed by atoms with Crippen molar-refractivity contribution in [3.05, 3.63) is 0 Å². The molecule has 0 aromatic carbocycles. The molecule has 4 heteroatoms. The van der Waals surface area contributed by atoms with Gasteiger partial charge in [-0.15, -0.1) is 40.2 Å². The van der Waals surface area contributed by atoms with Crippen LogP contribution in [-0.4, -0.2) is 17.3 Å². The highest BCUT2D eigenvalue weighted by molar-refractivity contribution is 8.93. The molecule has 0 radical (unpaired) electrons. The molecule has 0 unspecified atom stereocenters. The average Bonchev–Trinajstić information content (AvgIpc) is 1.64. The normalized spacial score (nSPS) is 10.8. The van der Waals surface area contributed by atoms with Crippen molar-refractivity contribution in [2.75, 3.05) is 11.8 Å². The fraction of sp³-hybridized carbons (Fsp3) is 1.00. The van der Waals surface area contributed by atoms with E-state index in [1.807, 2.05) is 6.92 Å². The molecule has 0 fully saturated rings. The topological polar surface area (TPSA) is 26.0 Å². The van der Waals surface area contributed by atoms with Gasteiger partial charge in [0, 0.05) is 17.3 Å². The summed E-state index contributed by atoms with van der Waals surface area (Å²) in [6, 6.07) is 0. The summed E-state index contributed by atoms with van der Waals surface area (Å²) in [5.74, 6) is 1.23. The summed E-state index contributed by atoms with van der Waals surface area (Å²) in [5.41, 5.74) is 5.61. The highest BCUT2D eigenvalue weighted by atomic mass is 79.9. The number of nitrogens with two attached hydrogens (primary N) is 1. The average molecular weight is 251 g/mol. The molecule has 1 nitrogen and oxygen atoms in total. The highest BCUT2D eigenvalue weighted by Crippen LogP contribution is 2.11. The molecule has 0 aliphatic rings. The van der Waals surface area contributed by atoms with Gasteiger partial charge < -0.3 is 5.73 Å². The molecule has 0 aliphatic heterocycles. The standard InChI is InChI=1S/C6H13Cl2N.BrH/c1-6(9,2-4-7)3-5-8;/h2-5,9H2,1H3;1H. The van der Waals surface area contributed by atoms with Gasteiger partial charge in [0.05, 0.1) is 0 Å². The second-order valence-corrected chi connectivity index (χ2v) is 3.29. The van der Waals surface area contributed by atoms with E-state index >= 15 is 0 Å². The van der Waals surface area contributed by atoms with Crippen LogP contribution in [0.1, 0.15) is 19.8 Å². The second-order valence-electron chi connectivity index (χ2n) is 2.53. The van der Waals surface area contributed by atoms with Crippen molar-refractivity contribution in [3.63, 3.8) is 0 Å². The Bertz CT molecular complexity index is 70.1. The lowest BCUT2D eigenvalue weighted by molar-refractivity contribution is 0.442. The summed E-state index contributed by atoms with van der Waals surface area (Å²) in [6.45, 7) is 1.97. The Kier molecular flexibility index (Phi) is 9.13. The van der Waals surface area contributed by atoms with Gasteiger partial charge in [-0.3, -0.25) is 0 Å². The molecule has 0 aromatic rings. The van der Waals surface area contributed by atoms with Crippen LogP contribution in [-0.2, 0) is 0 Å². The maximum Gasteiger partial charge on any atom is 0.0240 e. The first-order valence-corrected chi connectivity index (χ1v) is 4.10. The summed E-state index contributed by atoms with van der Waals surface area (Å²) in [7, 11) is 0. The third-order valence-corrected chi connectivity index (χ3v) is 1.71. The Hall–Kier alpha value is 1.02. The van der Waals surface area contributed by atoms with Crippen LogP contribution in [0.4, 0.5) is 0 Å². The van der Waals surface area contributed by atoms with Gasteiger partial charge in [-0.25, -0.2) is 0 Å². The van der Waals surface area contributed by atoms with Gasteiger partial charge in [-0.1, -0.05) is 0 Å². The zero-order chi connectivity index (χ0) is 7.33. The summed E-state index contributed by atoms with van der Waals surface area (Å²) in [4.78, 5) is 0. The third kappa shape index (κ3) is 7.13. The van der Waals surface area contributed by atoms with Crippen LogP contribution >= 0.6 is 40.2 Å². The van der Waals surface area contributed by atoms with Crippen molar-refractivity contribution in [3.8, 4) is 0 Å². The van der Waals surface area contributed by atoms with E-state index in [1.165, 1.54) is 0 Å². The Balaban J connectivity index is 0. The predicted molar refractivity (Wildman–Crippen MR) is 53.6 cm³/mol. The first kappa shape index (κ1) is 13.6. The largest absolute Gasteiger partial charge is 0.325 e. The molecule has 0 spiro atoms. The van der Waals surface area contributed by atoms with E-state index in [1.54, 1.807) is 0 Å². The molecule has 0 amide bonds. The molecular weight excluding hydrogens is 237 g/mol. The maximum absolute atomic E-state index is 5.77. The van der Waals surface area contributed by atoms with Gasteiger partial charge in [0.1, 0.15) is 0 Å². The van der Waals surface area contributed by atoms with Crippen molar-refractivity contribution in [1.82, 2.24) is 0 Å². The molecule has 0 bridgehead atoms. The summed E-state index contributed by atoms with van der Waals surface area (Å²) < 4.78 is 0. The molecule has 0 saturated heterocycles. The Labute approximate surface area is 83.0 Å². The van der Waals surface area contributed by atoms with Gasteiger partial charge in [0.25, 0.3) is 0 Å². The lowest BCUT2D eigenvalue weighted by Crippen LogP contribution is -2.36. The Morgan fingerprint density at radius 1 is 1.20 bits per heavy atom. The van der Waals surface area contributed by atoms with E-state index in [4.69, 9.17) is 28.9 Å². The molecule has 10 heavy (non-hydrogen) atoms. The van der Waals surface area contributed by atoms with Gasteiger partial charge in [0.2, 0.25) is 0 Å². The van der Waals surface area contributed by atoms with Gasteiger partial charge >= 0.3 is 0 Å². The van der Waals surface area contributed by atoms with Crippen molar-refractivity contribution in [2.24, 2.45) is 5.73 Å². The number of hydrogen-bond donors (Lipinski definition) is 1. The van der Waals surface area contributed by atoms with E-state index in [0.29, 0.717) is 11.8 Å². The summed E-state index contributed by atoms with van der Waals surface area (Å²) >= 11 is 11.0. The zero-order valence-electron chi connectivity index (χ0n) is 6.07. The van der Waals surface area contributed by atoms with Gasteiger partial charge in [0.15, 0.2) is 0 Å². The lowest BCUT2D eigenvalue weighted by atomic mass is 9.97. The van der Waals surface area contributed by atoms with Crippen molar-refractivity contribution in [1.29, 1.82) is 0 Å². The number of halogens is 3. The van der Waals surface area contributed by atoms with Crippen LogP contribution in [0, 0.1) is 0 Å². The minimum Gasteiger partial charge on any atom is -0.325 e. The van der Waals surface area contributed by atoms with Crippen molar-refractivity contribution >= 4 is 40.2 Å². The molecule has 0 saturated carbocycles. The number of alkyl halides is 2. The second kappa shape index (κ2) is 6.71. The molecule has 2 N–H and O–H groups in total. The predicted octanol–water partition coefficient (Wildman–Crippen LogP) is 2.54. The Morgan fingerprint density at radius 2 is 1.50 bits per heavy atom. The van der Waals surface area contributed by atoms with E-state index in [2.05, 4.69) is 0 Å². The van der Waals surface area contributed by atoms with Crippen LogP contribution in [0.2, 0.25) is 0 Å². The molecule has 0 heterocycles. The number of hydrogen-bond acceptors (Lipinski definition) is 1. The zero-order valence-corrected chi connectivity index (χ0v) is 9.29. The molecule has 0 aromatic heterocycles. The minimum absolute atomic E-state index is 0. The molecule has 0 atom stereocenters. The van der Waals surface area contributed by atoms with Crippen LogP contribution in [0.15, 0.2) is 0 Å². The lowest BCUT2D eigenvalue weighted by Gasteiger charge is -2.21. The first-order chi connectivity index (χ1) is 4.12. The quantitative estimate of drug-likeness (QED) is 0.763. The maximum atomic E-state index is 5.77. The molecule has 0 rings (SSSR count). The van der Waals surface area contributed by atoms with Gasteiger partial charge in [-0.2, -0.15) is 0 Å². The van der Waals surface area contributed by atoms with Crippen LogP contribution in [0.5, 0.6) is 0 Å². The first-order valence-electron chi connectivity index (χ1n) is 3.03. The smallest absolute Gasteiger partial charge is 0.0240 e. The monoisotopic (exact) mass is 249 g/mol. The molecule has 64 valence electrons.